The Morgan fingerprint density at radius 2 is 1.32 bits per heavy atom. The Kier molecular flexibility index (Phi) is 11.6. The maximum Gasteiger partial charge on any atom is 0.339 e. The molecule has 0 spiro atoms. The summed E-state index contributed by atoms with van der Waals surface area (Å²) in [5.41, 5.74) is -0.105. The van der Waals surface area contributed by atoms with Crippen LogP contribution >= 0.6 is 90.4 Å². The van der Waals surface area contributed by atoms with Crippen LogP contribution in [0.4, 0.5) is 0 Å². The Bertz CT molecular complexity index is 812. The van der Waals surface area contributed by atoms with E-state index in [1.165, 1.54) is 18.2 Å². The molecule has 0 atom stereocenters. The minimum Gasteiger partial charge on any atom is -0.507 e. The van der Waals surface area contributed by atoms with E-state index in [1.54, 1.807) is 6.07 Å². The Labute approximate surface area is 210 Å². The number of benzene rings is 2. The number of rotatable bonds is 2. The molecule has 0 aliphatic heterocycles. The quantitative estimate of drug-likeness (QED) is 0.200. The second-order valence-corrected chi connectivity index (χ2v) is 8.72. The molecule has 2 rings (SSSR count). The zero-order chi connectivity index (χ0) is 18.6. The number of aromatic carboxylic acids is 2. The molecule has 4 N–H and O–H groups in total. The number of carboxylic acid groups (broad SMARTS) is 2. The molecule has 0 aliphatic rings. The van der Waals surface area contributed by atoms with Crippen molar-refractivity contribution in [3.8, 4) is 11.5 Å². The summed E-state index contributed by atoms with van der Waals surface area (Å²) in [6, 6.07) is 5.88. The predicted octanol–water partition coefficient (Wildman–Crippen LogP) is 4.60. The van der Waals surface area contributed by atoms with Gasteiger partial charge in [-0.1, -0.05) is 0 Å². The summed E-state index contributed by atoms with van der Waals surface area (Å²) in [5.74, 6) is -2.57. The van der Waals surface area contributed by atoms with Crippen molar-refractivity contribution in [3.05, 3.63) is 49.7 Å². The molecule has 0 aliphatic carbocycles. The molecule has 2 aromatic rings. The molecule has 130 valence electrons. The van der Waals surface area contributed by atoms with Gasteiger partial charge in [0.05, 0.1) is 3.57 Å². The van der Waals surface area contributed by atoms with E-state index in [4.69, 9.17) is 15.3 Å². The molecule has 0 bridgehead atoms. The third-order valence-corrected chi connectivity index (χ3v) is 8.31. The van der Waals surface area contributed by atoms with Crippen molar-refractivity contribution in [1.29, 1.82) is 0 Å². The molecular weight excluding hydrogens is 837 g/mol. The zero-order valence-electron chi connectivity index (χ0n) is 12.1. The summed E-state index contributed by atoms with van der Waals surface area (Å²) < 4.78 is 3.08. The normalized spacial score (nSPS) is 9.44. The molecule has 0 saturated carbocycles. The third-order valence-electron chi connectivity index (χ3n) is 2.56. The smallest absolute Gasteiger partial charge is 0.339 e. The molecule has 0 amide bonds. The van der Waals surface area contributed by atoms with E-state index in [2.05, 4.69) is 22.6 Å². The molecule has 11 heteroatoms. The predicted molar refractivity (Wildman–Crippen MR) is 121 cm³/mol. The Morgan fingerprint density at radius 1 is 0.800 bits per heavy atom. The molecular formula is C14H8I4O6Zn. The summed E-state index contributed by atoms with van der Waals surface area (Å²) in [5, 5.41) is 35.8. The largest absolute Gasteiger partial charge is 0.507 e. The minimum absolute atomic E-state index is 0. The van der Waals surface area contributed by atoms with Gasteiger partial charge < -0.3 is 20.4 Å². The van der Waals surface area contributed by atoms with E-state index in [0.717, 1.165) is 10.7 Å². The van der Waals surface area contributed by atoms with Crippen LogP contribution in [0.15, 0.2) is 24.3 Å². The van der Waals surface area contributed by atoms with Crippen LogP contribution in [-0.2, 0) is 19.5 Å². The Morgan fingerprint density at radius 3 is 1.76 bits per heavy atom. The fraction of sp³-hybridized carbons (Fsp3) is 0. The molecule has 0 aromatic heterocycles. The van der Waals surface area contributed by atoms with Crippen LogP contribution in [0.3, 0.4) is 0 Å². The number of hydrogen-bond donors (Lipinski definition) is 4. The van der Waals surface area contributed by atoms with Crippen molar-refractivity contribution >= 4 is 102 Å². The zero-order valence-corrected chi connectivity index (χ0v) is 23.7. The number of carbonyl (C=O) groups is 2. The first-order valence-electron chi connectivity index (χ1n) is 5.87. The van der Waals surface area contributed by atoms with Gasteiger partial charge in [-0.25, -0.2) is 9.59 Å². The molecule has 0 unspecified atom stereocenters. The first-order valence-corrected chi connectivity index (χ1v) is 10.2. The van der Waals surface area contributed by atoms with Crippen LogP contribution in [0.2, 0.25) is 0 Å². The molecule has 25 heavy (non-hydrogen) atoms. The van der Waals surface area contributed by atoms with E-state index in [0.29, 0.717) is 3.57 Å². The number of halogens is 4. The number of phenols is 2. The van der Waals surface area contributed by atoms with Crippen LogP contribution in [0, 0.1) is 14.3 Å². The van der Waals surface area contributed by atoms with Crippen molar-refractivity contribution in [2.24, 2.45) is 0 Å². The maximum absolute atomic E-state index is 10.7. The third kappa shape index (κ3) is 7.22. The summed E-state index contributed by atoms with van der Waals surface area (Å²) >= 11 is 8.01. The van der Waals surface area contributed by atoms with E-state index in [9.17, 15) is 14.7 Å². The van der Waals surface area contributed by atoms with E-state index >= 15 is 0 Å². The van der Waals surface area contributed by atoms with Gasteiger partial charge in [-0.2, -0.15) is 0 Å². The molecule has 0 radical (unpaired) electrons. The van der Waals surface area contributed by atoms with Crippen molar-refractivity contribution in [2.45, 2.75) is 0 Å². The van der Waals surface area contributed by atoms with Crippen molar-refractivity contribution in [2.75, 3.05) is 0 Å². The fourth-order valence-corrected chi connectivity index (χ4v) is 4.01. The van der Waals surface area contributed by atoms with Crippen molar-refractivity contribution < 1.29 is 49.5 Å². The van der Waals surface area contributed by atoms with Crippen LogP contribution < -0.4 is 0 Å². The van der Waals surface area contributed by atoms with Crippen LogP contribution in [-0.4, -0.2) is 32.4 Å². The van der Waals surface area contributed by atoms with E-state index in [1.807, 2.05) is 67.8 Å². The second kappa shape index (κ2) is 11.4. The Hall–Kier alpha value is 0.523. The molecule has 0 fully saturated rings. The van der Waals surface area contributed by atoms with E-state index < -0.39 is 11.9 Å². The summed E-state index contributed by atoms with van der Waals surface area (Å²) in [6.07, 6.45) is 0. The molecule has 2 aromatic carbocycles. The SMILES string of the molecule is O=C(O)c1cc(I)c(I)c(I)c1O.O=C(O)c1cc(I)ccc1O.[Zn]. The summed E-state index contributed by atoms with van der Waals surface area (Å²) in [7, 11) is 0. The van der Waals surface area contributed by atoms with Crippen LogP contribution in [0.25, 0.3) is 0 Å². The summed E-state index contributed by atoms with van der Waals surface area (Å²) in [6.45, 7) is 0. The monoisotopic (exact) mass is 844 g/mol. The summed E-state index contributed by atoms with van der Waals surface area (Å²) in [4.78, 5) is 21.1. The van der Waals surface area contributed by atoms with Gasteiger partial charge in [0.25, 0.3) is 0 Å². The van der Waals surface area contributed by atoms with Gasteiger partial charge in [0, 0.05) is 30.2 Å². The topological polar surface area (TPSA) is 115 Å². The van der Waals surface area contributed by atoms with Crippen LogP contribution in [0.5, 0.6) is 11.5 Å². The number of hydrogen-bond acceptors (Lipinski definition) is 4. The first kappa shape index (κ1) is 25.5. The van der Waals surface area contributed by atoms with Gasteiger partial charge in [0.2, 0.25) is 0 Å². The Balaban J connectivity index is 0.000000449. The van der Waals surface area contributed by atoms with E-state index in [-0.39, 0.29) is 42.1 Å². The molecule has 0 saturated heterocycles. The second-order valence-electron chi connectivity index (χ2n) is 4.15. The van der Waals surface area contributed by atoms with Crippen LogP contribution in [0.1, 0.15) is 20.7 Å². The van der Waals surface area contributed by atoms with Gasteiger partial charge in [-0.3, -0.25) is 0 Å². The van der Waals surface area contributed by atoms with Gasteiger partial charge in [-0.15, -0.1) is 0 Å². The number of carboxylic acids is 2. The molecule has 0 heterocycles. The average Bonchev–Trinajstić information content (AvgIpc) is 2.51. The average molecular weight is 845 g/mol. The minimum atomic E-state index is -1.11. The first-order chi connectivity index (χ1) is 11.1. The standard InChI is InChI=1S/C7H3I3O3.C7H5IO3.Zn/c8-3-1-2(7(12)13)6(11)5(10)4(3)9;8-4-1-2-6(9)5(3-4)7(10)11;/h1,11H,(H,12,13);1-3,9H,(H,10,11);. The van der Waals surface area contributed by atoms with Gasteiger partial charge in [0.1, 0.15) is 22.6 Å². The molecule has 6 nitrogen and oxygen atoms in total. The van der Waals surface area contributed by atoms with Gasteiger partial charge >= 0.3 is 11.9 Å². The van der Waals surface area contributed by atoms with Gasteiger partial charge in [0.15, 0.2) is 0 Å². The fourth-order valence-electron chi connectivity index (χ4n) is 1.43. The maximum atomic E-state index is 10.7. The number of aromatic hydroxyl groups is 2. The van der Waals surface area contributed by atoms with Crippen molar-refractivity contribution in [1.82, 2.24) is 0 Å². The van der Waals surface area contributed by atoms with Gasteiger partial charge in [-0.05, 0) is 115 Å². The van der Waals surface area contributed by atoms with Crippen molar-refractivity contribution in [3.63, 3.8) is 0 Å².